The van der Waals surface area contributed by atoms with Crippen molar-refractivity contribution in [2.75, 3.05) is 0 Å². The van der Waals surface area contributed by atoms with Gasteiger partial charge in [-0.15, -0.1) is 0 Å². The molecule has 0 unspecified atom stereocenters. The summed E-state index contributed by atoms with van der Waals surface area (Å²) in [7, 11) is 0. The lowest BCUT2D eigenvalue weighted by molar-refractivity contribution is -0.182. The molecule has 1 aromatic carbocycles. The molecule has 21 heavy (non-hydrogen) atoms. The van der Waals surface area contributed by atoms with Crippen LogP contribution >= 0.6 is 0 Å². The van der Waals surface area contributed by atoms with Gasteiger partial charge in [-0.2, -0.15) is 13.2 Å². The number of urea groups is 1. The third-order valence-corrected chi connectivity index (χ3v) is 3.82. The van der Waals surface area contributed by atoms with E-state index in [0.29, 0.717) is 19.4 Å². The van der Waals surface area contributed by atoms with Crippen molar-refractivity contribution in [2.45, 2.75) is 44.4 Å². The van der Waals surface area contributed by atoms with Gasteiger partial charge in [-0.05, 0) is 31.2 Å². The summed E-state index contributed by atoms with van der Waals surface area (Å²) in [6, 6.07) is 8.96. The lowest BCUT2D eigenvalue weighted by Crippen LogP contribution is -2.44. The van der Waals surface area contributed by atoms with Crippen LogP contribution in [0.2, 0.25) is 0 Å². The molecule has 0 aliphatic heterocycles. The van der Waals surface area contributed by atoms with Crippen LogP contribution in [0.4, 0.5) is 18.0 Å². The molecule has 0 bridgehead atoms. The van der Waals surface area contributed by atoms with E-state index < -0.39 is 12.1 Å². The second-order valence-corrected chi connectivity index (χ2v) is 5.40. The first kappa shape index (κ1) is 15.7. The molecule has 1 fully saturated rings. The smallest absolute Gasteiger partial charge is 0.335 e. The number of carbonyl (C=O) groups is 1. The largest absolute Gasteiger partial charge is 0.391 e. The molecular formula is C15H19F3N2O. The molecule has 3 nitrogen and oxygen atoms in total. The fourth-order valence-corrected chi connectivity index (χ4v) is 2.58. The normalized spacial score (nSPS) is 22.6. The number of rotatable bonds is 3. The van der Waals surface area contributed by atoms with Crippen molar-refractivity contribution < 1.29 is 18.0 Å². The number of amides is 2. The van der Waals surface area contributed by atoms with E-state index in [1.165, 1.54) is 0 Å². The van der Waals surface area contributed by atoms with Crippen LogP contribution in [-0.2, 0) is 6.54 Å². The van der Waals surface area contributed by atoms with Crippen LogP contribution in [0.5, 0.6) is 0 Å². The standard InChI is InChI=1S/C15H19F3N2O/c16-15(17,18)12-6-8-13(9-7-12)20-14(21)19-10-11-4-2-1-3-5-11/h1-5,12-13H,6-10H2,(H2,19,20,21). The predicted octanol–water partition coefficient (Wildman–Crippen LogP) is 3.61. The van der Waals surface area contributed by atoms with Crippen LogP contribution in [0.1, 0.15) is 31.2 Å². The Morgan fingerprint density at radius 2 is 1.71 bits per heavy atom. The van der Waals surface area contributed by atoms with Gasteiger partial charge >= 0.3 is 12.2 Å². The van der Waals surface area contributed by atoms with Crippen molar-refractivity contribution in [3.05, 3.63) is 35.9 Å². The van der Waals surface area contributed by atoms with Crippen LogP contribution < -0.4 is 10.6 Å². The Morgan fingerprint density at radius 1 is 1.10 bits per heavy atom. The van der Waals surface area contributed by atoms with Crippen LogP contribution in [0.25, 0.3) is 0 Å². The van der Waals surface area contributed by atoms with Gasteiger partial charge < -0.3 is 10.6 Å². The minimum atomic E-state index is -4.11. The zero-order chi connectivity index (χ0) is 15.3. The average Bonchev–Trinajstić information content (AvgIpc) is 2.46. The van der Waals surface area contributed by atoms with E-state index in [-0.39, 0.29) is 24.9 Å². The Morgan fingerprint density at radius 3 is 2.29 bits per heavy atom. The Bertz CT molecular complexity index is 454. The topological polar surface area (TPSA) is 41.1 Å². The minimum absolute atomic E-state index is 0.0904. The van der Waals surface area contributed by atoms with Crippen molar-refractivity contribution in [2.24, 2.45) is 5.92 Å². The van der Waals surface area contributed by atoms with Crippen LogP contribution in [0, 0.1) is 5.92 Å². The van der Waals surface area contributed by atoms with Gasteiger partial charge in [0.05, 0.1) is 5.92 Å². The van der Waals surface area contributed by atoms with E-state index in [1.54, 1.807) is 0 Å². The van der Waals surface area contributed by atoms with Crippen LogP contribution in [0.3, 0.4) is 0 Å². The Kier molecular flexibility index (Phi) is 5.09. The molecule has 0 heterocycles. The molecule has 2 amide bonds. The van der Waals surface area contributed by atoms with Crippen LogP contribution in [0.15, 0.2) is 30.3 Å². The summed E-state index contributed by atoms with van der Waals surface area (Å²) in [5, 5.41) is 5.46. The minimum Gasteiger partial charge on any atom is -0.335 e. The molecule has 0 spiro atoms. The molecule has 0 atom stereocenters. The highest BCUT2D eigenvalue weighted by Crippen LogP contribution is 2.37. The van der Waals surface area contributed by atoms with Gasteiger partial charge in [0.2, 0.25) is 0 Å². The number of hydrogen-bond acceptors (Lipinski definition) is 1. The maximum Gasteiger partial charge on any atom is 0.391 e. The number of alkyl halides is 3. The molecule has 2 N–H and O–H groups in total. The van der Waals surface area contributed by atoms with Crippen molar-refractivity contribution in [1.29, 1.82) is 0 Å². The summed E-state index contributed by atoms with van der Waals surface area (Å²) in [5.74, 6) is -1.22. The quantitative estimate of drug-likeness (QED) is 0.879. The average molecular weight is 300 g/mol. The van der Waals surface area contributed by atoms with E-state index in [0.717, 1.165) is 5.56 Å². The third kappa shape index (κ3) is 4.95. The van der Waals surface area contributed by atoms with E-state index in [2.05, 4.69) is 10.6 Å². The van der Waals surface area contributed by atoms with Crippen LogP contribution in [-0.4, -0.2) is 18.2 Å². The highest BCUT2D eigenvalue weighted by Gasteiger charge is 2.41. The van der Waals surface area contributed by atoms with Crippen molar-refractivity contribution in [3.8, 4) is 0 Å². The van der Waals surface area contributed by atoms with E-state index >= 15 is 0 Å². The summed E-state index contributed by atoms with van der Waals surface area (Å²) in [5.41, 5.74) is 0.980. The van der Waals surface area contributed by atoms with Gasteiger partial charge in [-0.25, -0.2) is 4.79 Å². The molecule has 1 aromatic rings. The number of carbonyl (C=O) groups excluding carboxylic acids is 1. The second kappa shape index (κ2) is 6.83. The Hall–Kier alpha value is -1.72. The molecule has 0 saturated heterocycles. The summed E-state index contributed by atoms with van der Waals surface area (Å²) in [6.07, 6.45) is -3.17. The van der Waals surface area contributed by atoms with Gasteiger partial charge in [-0.3, -0.25) is 0 Å². The number of halogens is 3. The third-order valence-electron chi connectivity index (χ3n) is 3.82. The first-order valence-corrected chi connectivity index (χ1v) is 7.10. The van der Waals surface area contributed by atoms with E-state index in [1.807, 2.05) is 30.3 Å². The molecular weight excluding hydrogens is 281 g/mol. The van der Waals surface area contributed by atoms with Gasteiger partial charge in [0.1, 0.15) is 0 Å². The summed E-state index contributed by atoms with van der Waals surface area (Å²) >= 11 is 0. The van der Waals surface area contributed by atoms with E-state index in [4.69, 9.17) is 0 Å². The fourth-order valence-electron chi connectivity index (χ4n) is 2.58. The highest BCUT2D eigenvalue weighted by atomic mass is 19.4. The molecule has 1 aliphatic rings. The Labute approximate surface area is 121 Å². The summed E-state index contributed by atoms with van der Waals surface area (Å²) in [4.78, 5) is 11.7. The monoisotopic (exact) mass is 300 g/mol. The number of benzene rings is 1. The molecule has 1 saturated carbocycles. The first-order valence-electron chi connectivity index (χ1n) is 7.10. The lowest BCUT2D eigenvalue weighted by atomic mass is 9.86. The Balaban J connectivity index is 1.70. The SMILES string of the molecule is O=C(NCc1ccccc1)NC1CCC(C(F)(F)F)CC1. The van der Waals surface area contributed by atoms with Gasteiger partial charge in [0.15, 0.2) is 0 Å². The van der Waals surface area contributed by atoms with Crippen molar-refractivity contribution >= 4 is 6.03 Å². The maximum atomic E-state index is 12.5. The zero-order valence-corrected chi connectivity index (χ0v) is 11.6. The number of hydrogen-bond donors (Lipinski definition) is 2. The molecule has 1 aliphatic carbocycles. The molecule has 0 aromatic heterocycles. The molecule has 2 rings (SSSR count). The van der Waals surface area contributed by atoms with E-state index in [9.17, 15) is 18.0 Å². The second-order valence-electron chi connectivity index (χ2n) is 5.40. The summed E-state index contributed by atoms with van der Waals surface area (Å²) in [6.45, 7) is 0.407. The van der Waals surface area contributed by atoms with Gasteiger partial charge in [0, 0.05) is 12.6 Å². The maximum absolute atomic E-state index is 12.5. The van der Waals surface area contributed by atoms with Crippen molar-refractivity contribution in [3.63, 3.8) is 0 Å². The van der Waals surface area contributed by atoms with Crippen molar-refractivity contribution in [1.82, 2.24) is 10.6 Å². The van der Waals surface area contributed by atoms with Gasteiger partial charge in [0.25, 0.3) is 0 Å². The lowest BCUT2D eigenvalue weighted by Gasteiger charge is -2.30. The predicted molar refractivity (Wildman–Crippen MR) is 73.6 cm³/mol. The van der Waals surface area contributed by atoms with Gasteiger partial charge in [-0.1, -0.05) is 30.3 Å². The first-order chi connectivity index (χ1) is 9.95. The molecule has 116 valence electrons. The number of nitrogens with one attached hydrogen (secondary N) is 2. The highest BCUT2D eigenvalue weighted by molar-refractivity contribution is 5.74. The molecule has 0 radical (unpaired) electrons. The zero-order valence-electron chi connectivity index (χ0n) is 11.6. The fraction of sp³-hybridized carbons (Fsp3) is 0.533. The molecule has 6 heteroatoms. The summed E-state index contributed by atoms with van der Waals surface area (Å²) < 4.78 is 37.6.